The van der Waals surface area contributed by atoms with Gasteiger partial charge in [-0.3, -0.25) is 4.90 Å². The number of piperidine rings is 1. The van der Waals surface area contributed by atoms with Gasteiger partial charge in [0.05, 0.1) is 14.2 Å². The van der Waals surface area contributed by atoms with E-state index in [0.29, 0.717) is 24.5 Å². The Hall–Kier alpha value is -1.26. The molecule has 4 nitrogen and oxygen atoms in total. The van der Waals surface area contributed by atoms with Crippen LogP contribution in [0.4, 0.5) is 0 Å². The predicted molar refractivity (Wildman–Crippen MR) is 85.9 cm³/mol. The van der Waals surface area contributed by atoms with E-state index in [-0.39, 0.29) is 0 Å². The third kappa shape index (κ3) is 3.16. The van der Waals surface area contributed by atoms with Gasteiger partial charge in [0.25, 0.3) is 0 Å². The van der Waals surface area contributed by atoms with E-state index in [1.807, 2.05) is 12.1 Å². The van der Waals surface area contributed by atoms with E-state index >= 15 is 0 Å². The van der Waals surface area contributed by atoms with E-state index in [0.717, 1.165) is 18.0 Å². The maximum Gasteiger partial charge on any atom is 0.165 e. The van der Waals surface area contributed by atoms with Gasteiger partial charge in [-0.2, -0.15) is 0 Å². The number of likely N-dealkylation sites (tertiary alicyclic amines) is 1. The second kappa shape index (κ2) is 7.14. The van der Waals surface area contributed by atoms with Gasteiger partial charge >= 0.3 is 0 Å². The van der Waals surface area contributed by atoms with Crippen LogP contribution in [0.5, 0.6) is 11.5 Å². The SMILES string of the molecule is COc1cccc(C2C(CN)CCCN2C(C)C)c1OC. The van der Waals surface area contributed by atoms with E-state index in [2.05, 4.69) is 24.8 Å². The Morgan fingerprint density at radius 3 is 2.62 bits per heavy atom. The van der Waals surface area contributed by atoms with Gasteiger partial charge in [0.1, 0.15) is 0 Å². The zero-order chi connectivity index (χ0) is 15.4. The van der Waals surface area contributed by atoms with Crippen molar-refractivity contribution in [3.05, 3.63) is 23.8 Å². The highest BCUT2D eigenvalue weighted by atomic mass is 16.5. The molecule has 2 N–H and O–H groups in total. The van der Waals surface area contributed by atoms with Crippen molar-refractivity contribution >= 4 is 0 Å². The lowest BCUT2D eigenvalue weighted by Crippen LogP contribution is -2.45. The summed E-state index contributed by atoms with van der Waals surface area (Å²) in [6.07, 6.45) is 2.38. The van der Waals surface area contributed by atoms with Crippen LogP contribution in [0.25, 0.3) is 0 Å². The lowest BCUT2D eigenvalue weighted by Gasteiger charge is -2.44. The first-order chi connectivity index (χ1) is 10.1. The van der Waals surface area contributed by atoms with Crippen LogP contribution in [-0.2, 0) is 0 Å². The summed E-state index contributed by atoms with van der Waals surface area (Å²) in [6, 6.07) is 6.92. The average Bonchev–Trinajstić information content (AvgIpc) is 2.52. The van der Waals surface area contributed by atoms with Crippen LogP contribution >= 0.6 is 0 Å². The number of methoxy groups -OCH3 is 2. The fourth-order valence-corrected chi connectivity index (χ4v) is 3.51. The lowest BCUT2D eigenvalue weighted by molar-refractivity contribution is 0.0646. The zero-order valence-electron chi connectivity index (χ0n) is 13.6. The summed E-state index contributed by atoms with van der Waals surface area (Å²) < 4.78 is 11.1. The normalized spacial score (nSPS) is 23.3. The number of rotatable bonds is 5. The summed E-state index contributed by atoms with van der Waals surface area (Å²) in [7, 11) is 3.39. The van der Waals surface area contributed by atoms with Gasteiger partial charge < -0.3 is 15.2 Å². The van der Waals surface area contributed by atoms with Crippen molar-refractivity contribution in [2.45, 2.75) is 38.8 Å². The highest BCUT2D eigenvalue weighted by Gasteiger charge is 2.35. The van der Waals surface area contributed by atoms with Crippen LogP contribution in [0, 0.1) is 5.92 Å². The molecule has 2 atom stereocenters. The molecular formula is C17H28N2O2. The number of ether oxygens (including phenoxy) is 2. The van der Waals surface area contributed by atoms with Crippen LogP contribution in [0.2, 0.25) is 0 Å². The average molecular weight is 292 g/mol. The molecule has 1 fully saturated rings. The third-order valence-corrected chi connectivity index (χ3v) is 4.51. The van der Waals surface area contributed by atoms with Gasteiger partial charge in [-0.1, -0.05) is 12.1 Å². The van der Waals surface area contributed by atoms with Gasteiger partial charge in [-0.05, 0) is 51.8 Å². The number of nitrogens with two attached hydrogens (primary N) is 1. The van der Waals surface area contributed by atoms with Crippen molar-refractivity contribution in [1.29, 1.82) is 0 Å². The van der Waals surface area contributed by atoms with Crippen LogP contribution < -0.4 is 15.2 Å². The van der Waals surface area contributed by atoms with E-state index in [4.69, 9.17) is 15.2 Å². The maximum absolute atomic E-state index is 6.06. The largest absolute Gasteiger partial charge is 0.493 e. The van der Waals surface area contributed by atoms with Crippen molar-refractivity contribution in [3.63, 3.8) is 0 Å². The van der Waals surface area contributed by atoms with Crippen molar-refractivity contribution in [2.24, 2.45) is 11.7 Å². The molecule has 0 spiro atoms. The number of hydrogen-bond donors (Lipinski definition) is 1. The van der Waals surface area contributed by atoms with Crippen molar-refractivity contribution in [2.75, 3.05) is 27.3 Å². The fourth-order valence-electron chi connectivity index (χ4n) is 3.51. The quantitative estimate of drug-likeness (QED) is 0.906. The summed E-state index contributed by atoms with van der Waals surface area (Å²) in [5.41, 5.74) is 7.25. The molecule has 0 bridgehead atoms. The highest BCUT2D eigenvalue weighted by molar-refractivity contribution is 5.48. The smallest absolute Gasteiger partial charge is 0.165 e. The van der Waals surface area contributed by atoms with Gasteiger partial charge in [0, 0.05) is 17.6 Å². The molecule has 1 aliphatic heterocycles. The first-order valence-corrected chi connectivity index (χ1v) is 7.80. The minimum atomic E-state index is 0.300. The molecular weight excluding hydrogens is 264 g/mol. The number of hydrogen-bond acceptors (Lipinski definition) is 4. The van der Waals surface area contributed by atoms with Gasteiger partial charge in [-0.25, -0.2) is 0 Å². The molecule has 21 heavy (non-hydrogen) atoms. The summed E-state index contributed by atoms with van der Waals surface area (Å²) in [5, 5.41) is 0. The molecule has 118 valence electrons. The summed E-state index contributed by atoms with van der Waals surface area (Å²) in [6.45, 7) is 6.31. The first kappa shape index (κ1) is 16.1. The third-order valence-electron chi connectivity index (χ3n) is 4.51. The monoisotopic (exact) mass is 292 g/mol. The number of benzene rings is 1. The van der Waals surface area contributed by atoms with E-state index < -0.39 is 0 Å². The molecule has 1 aromatic carbocycles. The van der Waals surface area contributed by atoms with Crippen LogP contribution in [-0.4, -0.2) is 38.3 Å². The number of nitrogens with zero attached hydrogens (tertiary/aromatic N) is 1. The summed E-state index contributed by atoms with van der Waals surface area (Å²) >= 11 is 0. The second-order valence-electron chi connectivity index (χ2n) is 6.00. The molecule has 0 radical (unpaired) electrons. The summed E-state index contributed by atoms with van der Waals surface area (Å²) in [4.78, 5) is 2.54. The van der Waals surface area contributed by atoms with E-state index in [9.17, 15) is 0 Å². The second-order valence-corrected chi connectivity index (χ2v) is 6.00. The maximum atomic E-state index is 6.06. The predicted octanol–water partition coefficient (Wildman–Crippen LogP) is 2.82. The minimum Gasteiger partial charge on any atom is -0.493 e. The minimum absolute atomic E-state index is 0.300. The van der Waals surface area contributed by atoms with E-state index in [1.165, 1.54) is 18.4 Å². The zero-order valence-corrected chi connectivity index (χ0v) is 13.6. The fraction of sp³-hybridized carbons (Fsp3) is 0.647. The molecule has 1 heterocycles. The highest BCUT2D eigenvalue weighted by Crippen LogP contribution is 2.43. The molecule has 0 saturated carbocycles. The van der Waals surface area contributed by atoms with Crippen LogP contribution in [0.1, 0.15) is 38.3 Å². The molecule has 4 heteroatoms. The van der Waals surface area contributed by atoms with Crippen LogP contribution in [0.15, 0.2) is 18.2 Å². The molecule has 2 unspecified atom stereocenters. The first-order valence-electron chi connectivity index (χ1n) is 7.80. The molecule has 1 saturated heterocycles. The Morgan fingerprint density at radius 2 is 2.05 bits per heavy atom. The molecule has 1 aliphatic rings. The lowest BCUT2D eigenvalue weighted by atomic mass is 9.83. The Bertz CT molecular complexity index is 462. The Balaban J connectivity index is 2.48. The Labute approximate surface area is 128 Å². The molecule has 0 aliphatic carbocycles. The molecule has 2 rings (SSSR count). The van der Waals surface area contributed by atoms with Crippen molar-refractivity contribution in [3.8, 4) is 11.5 Å². The van der Waals surface area contributed by atoms with Gasteiger partial charge in [0.2, 0.25) is 0 Å². The van der Waals surface area contributed by atoms with Crippen molar-refractivity contribution < 1.29 is 9.47 Å². The van der Waals surface area contributed by atoms with Gasteiger partial charge in [0.15, 0.2) is 11.5 Å². The van der Waals surface area contributed by atoms with Gasteiger partial charge in [-0.15, -0.1) is 0 Å². The Morgan fingerprint density at radius 1 is 1.29 bits per heavy atom. The molecule has 1 aromatic rings. The van der Waals surface area contributed by atoms with Crippen molar-refractivity contribution in [1.82, 2.24) is 4.90 Å². The summed E-state index contributed by atoms with van der Waals surface area (Å²) in [5.74, 6) is 2.10. The number of para-hydroxylation sites is 1. The standard InChI is InChI=1S/C17H28N2O2/c1-12(2)19-10-6-7-13(11-18)16(19)14-8-5-9-15(20-3)17(14)21-4/h5,8-9,12-13,16H,6-7,10-11,18H2,1-4H3. The van der Waals surface area contributed by atoms with Crippen LogP contribution in [0.3, 0.4) is 0 Å². The molecule has 0 amide bonds. The topological polar surface area (TPSA) is 47.7 Å². The molecule has 0 aromatic heterocycles. The Kier molecular flexibility index (Phi) is 5.48. The van der Waals surface area contributed by atoms with E-state index in [1.54, 1.807) is 14.2 Å².